The van der Waals surface area contributed by atoms with Crippen LogP contribution in [0.1, 0.15) is 37.6 Å². The fourth-order valence-electron chi connectivity index (χ4n) is 4.29. The zero-order valence-corrected chi connectivity index (χ0v) is 21.5. The van der Waals surface area contributed by atoms with E-state index in [1.807, 2.05) is 13.8 Å². The van der Waals surface area contributed by atoms with Gasteiger partial charge < -0.3 is 30.9 Å². The lowest BCUT2D eigenvalue weighted by Crippen LogP contribution is -2.59. The molecule has 13 nitrogen and oxygen atoms in total. The standard InChI is InChI=1S/C23H32N3O10P/c1-11(2)8-15(24)21(30)25-10-13(14-6-4-5-7-16(14)25)9-17(22(31)32)26(37(33)34)36-23-20(29)19(28)18(27)12(3)35-23/h4-7,10-12,15,17-20,23,27-29H,8-9,24H2,1-3H3,(H-,31,32,33,34)/p+1/t12-,15-,17-,18-,19+,20+,23?/m0/s1. The van der Waals surface area contributed by atoms with Gasteiger partial charge in [-0.1, -0.05) is 32.0 Å². The monoisotopic (exact) mass is 542 g/mol. The Labute approximate surface area is 213 Å². The predicted octanol–water partition coefficient (Wildman–Crippen LogP) is 0.361. The Kier molecular flexibility index (Phi) is 9.51. The number of carboxylic acid groups (broad SMARTS) is 1. The quantitative estimate of drug-likeness (QED) is 0.178. The second-order valence-electron chi connectivity index (χ2n) is 9.52. The van der Waals surface area contributed by atoms with Gasteiger partial charge in [-0.2, -0.15) is 0 Å². The van der Waals surface area contributed by atoms with E-state index in [0.717, 1.165) is 0 Å². The van der Waals surface area contributed by atoms with Crippen molar-refractivity contribution in [3.63, 3.8) is 0 Å². The molecule has 204 valence electrons. The van der Waals surface area contributed by atoms with E-state index >= 15 is 0 Å². The number of carboxylic acids is 1. The minimum Gasteiger partial charge on any atom is -0.480 e. The number of para-hydroxylation sites is 1. The minimum atomic E-state index is -3.43. The fourth-order valence-corrected chi connectivity index (χ4v) is 4.88. The molecule has 0 saturated carbocycles. The number of rotatable bonds is 10. The normalized spacial score (nSPS) is 26.4. The summed E-state index contributed by atoms with van der Waals surface area (Å²) in [5.41, 5.74) is 6.95. The molecule has 1 aromatic heterocycles. The second kappa shape index (κ2) is 12.0. The van der Waals surface area contributed by atoms with Crippen molar-refractivity contribution >= 4 is 31.0 Å². The van der Waals surface area contributed by atoms with Crippen molar-refractivity contribution in [3.8, 4) is 0 Å². The molecule has 14 heteroatoms. The van der Waals surface area contributed by atoms with Gasteiger partial charge in [-0.05, 0) is 35.5 Å². The van der Waals surface area contributed by atoms with Crippen molar-refractivity contribution in [3.05, 3.63) is 36.0 Å². The molecule has 1 aliphatic heterocycles. The number of nitrogens with two attached hydrogens (primary N) is 1. The number of hydroxylamine groups is 1. The summed E-state index contributed by atoms with van der Waals surface area (Å²) < 4.78 is 18.8. The third-order valence-electron chi connectivity index (χ3n) is 6.23. The maximum absolute atomic E-state index is 13.1. The molecule has 7 N–H and O–H groups in total. The van der Waals surface area contributed by atoms with E-state index in [1.54, 1.807) is 24.3 Å². The molecule has 1 aliphatic rings. The van der Waals surface area contributed by atoms with Crippen molar-refractivity contribution in [2.75, 3.05) is 0 Å². The number of carbonyl (C=O) groups is 2. The van der Waals surface area contributed by atoms with Gasteiger partial charge in [-0.25, -0.2) is 4.84 Å². The number of aliphatic carboxylic acids is 1. The van der Waals surface area contributed by atoms with Crippen molar-refractivity contribution in [2.24, 2.45) is 11.7 Å². The summed E-state index contributed by atoms with van der Waals surface area (Å²) in [5, 5.41) is 40.6. The third-order valence-corrected chi connectivity index (χ3v) is 6.94. The van der Waals surface area contributed by atoms with Crippen LogP contribution in [0.2, 0.25) is 0 Å². The highest BCUT2D eigenvalue weighted by molar-refractivity contribution is 7.35. The fraction of sp³-hybridized carbons (Fsp3) is 0.565. The van der Waals surface area contributed by atoms with Crippen LogP contribution in [0.25, 0.3) is 10.9 Å². The largest absolute Gasteiger partial charge is 0.640 e. The van der Waals surface area contributed by atoms with Gasteiger partial charge >= 0.3 is 14.1 Å². The molecule has 3 rings (SSSR count). The van der Waals surface area contributed by atoms with Crippen LogP contribution in [0.4, 0.5) is 0 Å². The summed E-state index contributed by atoms with van der Waals surface area (Å²) in [6.07, 6.45) is -6.24. The number of aliphatic hydroxyl groups is 3. The molecule has 1 saturated heterocycles. The molecule has 0 bridgehead atoms. The van der Waals surface area contributed by atoms with Gasteiger partial charge in [-0.15, -0.1) is 4.89 Å². The Balaban J connectivity index is 1.94. The average Bonchev–Trinajstić information content (AvgIpc) is 3.20. The van der Waals surface area contributed by atoms with Crippen molar-refractivity contribution in [2.45, 2.75) is 76.4 Å². The van der Waals surface area contributed by atoms with E-state index in [1.165, 1.54) is 17.7 Å². The lowest BCUT2D eigenvalue weighted by Gasteiger charge is -2.38. The summed E-state index contributed by atoms with van der Waals surface area (Å²) in [5.74, 6) is -1.75. The van der Waals surface area contributed by atoms with Crippen LogP contribution < -0.4 is 5.73 Å². The number of hydrogen-bond donors (Lipinski definition) is 6. The van der Waals surface area contributed by atoms with Crippen LogP contribution in [-0.2, 0) is 25.4 Å². The zero-order valence-electron chi connectivity index (χ0n) is 20.6. The van der Waals surface area contributed by atoms with Crippen LogP contribution in [0.15, 0.2) is 30.5 Å². The molecule has 37 heavy (non-hydrogen) atoms. The minimum absolute atomic E-state index is 0.169. The summed E-state index contributed by atoms with van der Waals surface area (Å²) in [7, 11) is -3.43. The first-order valence-corrected chi connectivity index (χ1v) is 12.9. The molecular weight excluding hydrogens is 509 g/mol. The van der Waals surface area contributed by atoms with Gasteiger partial charge in [0.2, 0.25) is 12.2 Å². The topological polar surface area (TPSA) is 205 Å². The SMILES string of the molecule is CC(C)C[C@H](N)C(=O)n1cc(C[C@@H](C(=O)O)N(OC2O[C@@H](C)[C@H](O)[C@@H](O)[C@H]2O)[P+](=O)O)c2ccccc21. The highest BCUT2D eigenvalue weighted by atomic mass is 31.1. The number of nitrogens with zero attached hydrogens (tertiary/aromatic N) is 2. The number of aliphatic hydroxyl groups excluding tert-OH is 3. The van der Waals surface area contributed by atoms with Crippen molar-refractivity contribution < 1.29 is 49.0 Å². The number of carbonyl (C=O) groups excluding carboxylic acids is 1. The van der Waals surface area contributed by atoms with Crippen LogP contribution in [0.5, 0.6) is 0 Å². The van der Waals surface area contributed by atoms with Gasteiger partial charge in [0.1, 0.15) is 18.3 Å². The molecule has 0 radical (unpaired) electrons. The average molecular weight is 543 g/mol. The van der Waals surface area contributed by atoms with Crippen molar-refractivity contribution in [1.29, 1.82) is 0 Å². The molecule has 2 unspecified atom stereocenters. The van der Waals surface area contributed by atoms with E-state index in [2.05, 4.69) is 0 Å². The van der Waals surface area contributed by atoms with Crippen LogP contribution in [0.3, 0.4) is 0 Å². The maximum Gasteiger partial charge on any atom is 0.640 e. The van der Waals surface area contributed by atoms with Crippen molar-refractivity contribution in [1.82, 2.24) is 9.40 Å². The lowest BCUT2D eigenvalue weighted by atomic mass is 10.0. The molecule has 0 aliphatic carbocycles. The Morgan fingerprint density at radius 1 is 1.19 bits per heavy atom. The molecule has 0 amide bonds. The second-order valence-corrected chi connectivity index (χ2v) is 10.4. The van der Waals surface area contributed by atoms with Gasteiger partial charge in [0.15, 0.2) is 6.04 Å². The molecule has 8 atom stereocenters. The predicted molar refractivity (Wildman–Crippen MR) is 130 cm³/mol. The number of hydrogen-bond acceptors (Lipinski definition) is 9. The van der Waals surface area contributed by atoms with Gasteiger partial charge in [0.05, 0.1) is 22.5 Å². The van der Waals surface area contributed by atoms with Crippen LogP contribution >= 0.6 is 8.18 Å². The van der Waals surface area contributed by atoms with E-state index in [-0.39, 0.29) is 23.1 Å². The Bertz CT molecular complexity index is 1140. The number of ether oxygens (including phenoxy) is 1. The first-order chi connectivity index (χ1) is 17.3. The summed E-state index contributed by atoms with van der Waals surface area (Å²) in [6.45, 7) is 5.24. The molecule has 2 aromatic rings. The Morgan fingerprint density at radius 3 is 2.43 bits per heavy atom. The van der Waals surface area contributed by atoms with Crippen LogP contribution in [-0.4, -0.2) is 89.4 Å². The molecular formula is C23H33N3O10P+. The molecule has 1 aromatic carbocycles. The van der Waals surface area contributed by atoms with E-state index in [9.17, 15) is 39.5 Å². The van der Waals surface area contributed by atoms with Gasteiger partial charge in [0.25, 0.3) is 0 Å². The Morgan fingerprint density at radius 2 is 1.84 bits per heavy atom. The smallest absolute Gasteiger partial charge is 0.480 e. The first kappa shape index (κ1) is 29.2. The number of aromatic nitrogens is 1. The maximum atomic E-state index is 13.1. The highest BCUT2D eigenvalue weighted by Crippen LogP contribution is 2.33. The molecule has 0 spiro atoms. The third kappa shape index (κ3) is 6.40. The van der Waals surface area contributed by atoms with E-state index in [0.29, 0.717) is 22.9 Å². The zero-order chi connectivity index (χ0) is 27.6. The van der Waals surface area contributed by atoms with E-state index < -0.39 is 56.9 Å². The molecule has 1 fully saturated rings. The highest BCUT2D eigenvalue weighted by Gasteiger charge is 2.49. The lowest BCUT2D eigenvalue weighted by molar-refractivity contribution is -0.342. The number of benzene rings is 1. The summed E-state index contributed by atoms with van der Waals surface area (Å²) in [6, 6.07) is 4.21. The van der Waals surface area contributed by atoms with E-state index in [4.69, 9.17) is 15.3 Å². The Hall–Kier alpha value is -2.32. The molecule has 2 heterocycles. The van der Waals surface area contributed by atoms with Gasteiger partial charge in [0, 0.05) is 18.0 Å². The van der Waals surface area contributed by atoms with Gasteiger partial charge in [-0.3, -0.25) is 14.2 Å². The summed E-state index contributed by atoms with van der Waals surface area (Å²) in [4.78, 5) is 40.7. The summed E-state index contributed by atoms with van der Waals surface area (Å²) >= 11 is 0. The first-order valence-electron chi connectivity index (χ1n) is 11.8. The van der Waals surface area contributed by atoms with Crippen LogP contribution in [0, 0.1) is 5.92 Å². The number of fused-ring (bicyclic) bond motifs is 1.